The van der Waals surface area contributed by atoms with Crippen LogP contribution in [0.25, 0.3) is 0 Å². The summed E-state index contributed by atoms with van der Waals surface area (Å²) in [6.45, 7) is 10.5. The number of amides is 2. The molecule has 24 heavy (non-hydrogen) atoms. The first-order valence-corrected chi connectivity index (χ1v) is 9.68. The highest BCUT2D eigenvalue weighted by atomic mass is 16.2. The smallest absolute Gasteiger partial charge is 0.235 e. The van der Waals surface area contributed by atoms with Crippen molar-refractivity contribution in [1.29, 1.82) is 0 Å². The predicted octanol–water partition coefficient (Wildman–Crippen LogP) is 1.87. The van der Waals surface area contributed by atoms with Gasteiger partial charge in [-0.1, -0.05) is 40.0 Å². The molecule has 0 spiro atoms. The second kappa shape index (κ2) is 7.03. The normalized spacial score (nSPS) is 30.5. The number of hydrogen-bond donors (Lipinski definition) is 1. The number of hydrogen-bond acceptors (Lipinski definition) is 3. The Bertz CT molecular complexity index is 471. The molecule has 0 bridgehead atoms. The van der Waals surface area contributed by atoms with Crippen molar-refractivity contribution in [1.82, 2.24) is 15.1 Å². The van der Waals surface area contributed by atoms with E-state index in [-0.39, 0.29) is 23.1 Å². The van der Waals surface area contributed by atoms with Crippen LogP contribution in [0.5, 0.6) is 0 Å². The average Bonchev–Trinajstić information content (AvgIpc) is 2.97. The lowest BCUT2D eigenvalue weighted by Gasteiger charge is -2.42. The zero-order valence-electron chi connectivity index (χ0n) is 15.5. The minimum atomic E-state index is -0.494. The van der Waals surface area contributed by atoms with Crippen molar-refractivity contribution in [3.63, 3.8) is 0 Å². The number of carbonyl (C=O) groups excluding carboxylic acids is 2. The Hall–Kier alpha value is -1.10. The van der Waals surface area contributed by atoms with Gasteiger partial charge in [-0.3, -0.25) is 14.5 Å². The van der Waals surface area contributed by atoms with E-state index in [1.165, 1.54) is 32.1 Å². The van der Waals surface area contributed by atoms with Gasteiger partial charge in [0.2, 0.25) is 11.8 Å². The number of rotatable bonds is 2. The van der Waals surface area contributed by atoms with Crippen LogP contribution in [-0.4, -0.2) is 60.4 Å². The standard InChI is InChI=1S/C19H33N3O2/c1-19(2,3)15-13-20-17(23)16(15)18(24)22-11-9-21(10-12-22)14-7-5-4-6-8-14/h14-16H,4-13H2,1-3H3,(H,20,23)/t15-,16-/m0/s1. The summed E-state index contributed by atoms with van der Waals surface area (Å²) < 4.78 is 0. The molecule has 1 N–H and O–H groups in total. The zero-order chi connectivity index (χ0) is 17.3. The summed E-state index contributed by atoms with van der Waals surface area (Å²) in [4.78, 5) is 29.8. The molecule has 2 heterocycles. The van der Waals surface area contributed by atoms with Crippen LogP contribution in [0, 0.1) is 17.3 Å². The maximum Gasteiger partial charge on any atom is 0.235 e. The van der Waals surface area contributed by atoms with E-state index in [0.717, 1.165) is 26.2 Å². The Morgan fingerprint density at radius 3 is 2.25 bits per heavy atom. The monoisotopic (exact) mass is 335 g/mol. The van der Waals surface area contributed by atoms with Crippen molar-refractivity contribution in [3.05, 3.63) is 0 Å². The summed E-state index contributed by atoms with van der Waals surface area (Å²) >= 11 is 0. The van der Waals surface area contributed by atoms with E-state index in [1.54, 1.807) is 0 Å². The molecule has 2 amide bonds. The largest absolute Gasteiger partial charge is 0.355 e. The highest BCUT2D eigenvalue weighted by molar-refractivity contribution is 6.02. The fraction of sp³-hybridized carbons (Fsp3) is 0.895. The van der Waals surface area contributed by atoms with Gasteiger partial charge in [0, 0.05) is 44.7 Å². The van der Waals surface area contributed by atoms with Crippen molar-refractivity contribution in [2.75, 3.05) is 32.7 Å². The highest BCUT2D eigenvalue weighted by Crippen LogP contribution is 2.36. The van der Waals surface area contributed by atoms with Crippen molar-refractivity contribution >= 4 is 11.8 Å². The number of nitrogens with zero attached hydrogens (tertiary/aromatic N) is 2. The summed E-state index contributed by atoms with van der Waals surface area (Å²) in [5, 5.41) is 2.91. The van der Waals surface area contributed by atoms with E-state index in [2.05, 4.69) is 31.0 Å². The van der Waals surface area contributed by atoms with Gasteiger partial charge in [-0.25, -0.2) is 0 Å². The highest BCUT2D eigenvalue weighted by Gasteiger charge is 2.47. The van der Waals surface area contributed by atoms with Crippen molar-refractivity contribution in [2.45, 2.75) is 58.9 Å². The Morgan fingerprint density at radius 1 is 1.04 bits per heavy atom. The fourth-order valence-corrected chi connectivity index (χ4v) is 4.66. The maximum atomic E-state index is 13.0. The molecule has 2 aliphatic heterocycles. The summed E-state index contributed by atoms with van der Waals surface area (Å²) in [7, 11) is 0. The van der Waals surface area contributed by atoms with Crippen LogP contribution in [0.15, 0.2) is 0 Å². The van der Waals surface area contributed by atoms with E-state index in [0.29, 0.717) is 12.6 Å². The molecule has 5 heteroatoms. The van der Waals surface area contributed by atoms with Gasteiger partial charge >= 0.3 is 0 Å². The molecule has 136 valence electrons. The Kier molecular flexibility index (Phi) is 5.19. The Morgan fingerprint density at radius 2 is 1.67 bits per heavy atom. The van der Waals surface area contributed by atoms with Gasteiger partial charge in [-0.15, -0.1) is 0 Å². The van der Waals surface area contributed by atoms with E-state index >= 15 is 0 Å². The van der Waals surface area contributed by atoms with Gasteiger partial charge in [-0.2, -0.15) is 0 Å². The minimum absolute atomic E-state index is 0.0383. The molecule has 0 unspecified atom stereocenters. The SMILES string of the molecule is CC(C)(C)[C@H]1CNC(=O)[C@H]1C(=O)N1CCN(C2CCCCC2)CC1. The number of nitrogens with one attached hydrogen (secondary N) is 1. The number of carbonyl (C=O) groups is 2. The summed E-state index contributed by atoms with van der Waals surface area (Å²) in [5.74, 6) is -0.428. The van der Waals surface area contributed by atoms with Crippen LogP contribution >= 0.6 is 0 Å². The van der Waals surface area contributed by atoms with E-state index in [4.69, 9.17) is 0 Å². The molecule has 3 aliphatic rings. The van der Waals surface area contributed by atoms with Gasteiger partial charge in [0.25, 0.3) is 0 Å². The second-order valence-electron chi connectivity index (χ2n) is 8.85. The minimum Gasteiger partial charge on any atom is -0.355 e. The molecule has 2 atom stereocenters. The molecule has 0 aromatic rings. The lowest BCUT2D eigenvalue weighted by molar-refractivity contribution is -0.144. The third-order valence-electron chi connectivity index (χ3n) is 6.28. The van der Waals surface area contributed by atoms with Crippen molar-refractivity contribution in [3.8, 4) is 0 Å². The summed E-state index contributed by atoms with van der Waals surface area (Å²) in [6, 6.07) is 0.716. The molecule has 0 aromatic carbocycles. The topological polar surface area (TPSA) is 52.7 Å². The lowest BCUT2D eigenvalue weighted by atomic mass is 9.74. The predicted molar refractivity (Wildman–Crippen MR) is 94.5 cm³/mol. The van der Waals surface area contributed by atoms with Gasteiger partial charge in [0.15, 0.2) is 0 Å². The average molecular weight is 335 g/mol. The van der Waals surface area contributed by atoms with Crippen LogP contribution in [0.2, 0.25) is 0 Å². The Labute approximate surface area is 146 Å². The molecular formula is C19H33N3O2. The lowest BCUT2D eigenvalue weighted by Crippen LogP contribution is -2.54. The molecule has 0 radical (unpaired) electrons. The van der Waals surface area contributed by atoms with Crippen LogP contribution < -0.4 is 5.32 Å². The van der Waals surface area contributed by atoms with E-state index < -0.39 is 5.92 Å². The van der Waals surface area contributed by atoms with Crippen LogP contribution in [0.3, 0.4) is 0 Å². The first-order valence-electron chi connectivity index (χ1n) is 9.68. The number of piperazine rings is 1. The third kappa shape index (κ3) is 3.61. The van der Waals surface area contributed by atoms with E-state index in [9.17, 15) is 9.59 Å². The fourth-order valence-electron chi connectivity index (χ4n) is 4.66. The van der Waals surface area contributed by atoms with Gasteiger partial charge in [0.05, 0.1) is 0 Å². The first kappa shape index (κ1) is 17.7. The molecule has 2 saturated heterocycles. The zero-order valence-corrected chi connectivity index (χ0v) is 15.5. The third-order valence-corrected chi connectivity index (χ3v) is 6.28. The van der Waals surface area contributed by atoms with Gasteiger partial charge in [-0.05, 0) is 18.3 Å². The Balaban J connectivity index is 1.59. The van der Waals surface area contributed by atoms with Crippen LogP contribution in [-0.2, 0) is 9.59 Å². The molecule has 1 saturated carbocycles. The van der Waals surface area contributed by atoms with Gasteiger partial charge in [0.1, 0.15) is 5.92 Å². The summed E-state index contributed by atoms with van der Waals surface area (Å²) in [6.07, 6.45) is 6.69. The molecular weight excluding hydrogens is 302 g/mol. The quantitative estimate of drug-likeness (QED) is 0.784. The maximum absolute atomic E-state index is 13.0. The molecule has 3 fully saturated rings. The second-order valence-corrected chi connectivity index (χ2v) is 8.85. The molecule has 3 rings (SSSR count). The molecule has 1 aliphatic carbocycles. The van der Waals surface area contributed by atoms with Gasteiger partial charge < -0.3 is 10.2 Å². The van der Waals surface area contributed by atoms with Crippen LogP contribution in [0.4, 0.5) is 0 Å². The van der Waals surface area contributed by atoms with E-state index in [1.807, 2.05) is 4.90 Å². The summed E-state index contributed by atoms with van der Waals surface area (Å²) in [5.41, 5.74) is -0.0383. The van der Waals surface area contributed by atoms with Crippen molar-refractivity contribution in [2.24, 2.45) is 17.3 Å². The molecule has 5 nitrogen and oxygen atoms in total. The molecule has 0 aromatic heterocycles. The van der Waals surface area contributed by atoms with Crippen molar-refractivity contribution < 1.29 is 9.59 Å². The van der Waals surface area contributed by atoms with Crippen LogP contribution in [0.1, 0.15) is 52.9 Å². The first-order chi connectivity index (χ1) is 11.4.